The summed E-state index contributed by atoms with van der Waals surface area (Å²) < 4.78 is 5.86. The van der Waals surface area contributed by atoms with E-state index in [-0.39, 0.29) is 6.10 Å². The summed E-state index contributed by atoms with van der Waals surface area (Å²) in [6, 6.07) is 10.7. The van der Waals surface area contributed by atoms with Crippen LogP contribution in [0.1, 0.15) is 20.8 Å². The smallest absolute Gasteiger partial charge is 0.129 e. The van der Waals surface area contributed by atoms with Crippen LogP contribution in [-0.4, -0.2) is 58.9 Å². The predicted molar refractivity (Wildman–Crippen MR) is 109 cm³/mol. The van der Waals surface area contributed by atoms with Gasteiger partial charge in [-0.15, -0.1) is 0 Å². The Labute approximate surface area is 160 Å². The Hall–Kier alpha value is -2.60. The maximum absolute atomic E-state index is 5.86. The molecule has 1 atom stereocenters. The molecule has 3 heterocycles. The van der Waals surface area contributed by atoms with E-state index in [9.17, 15) is 0 Å². The van der Waals surface area contributed by atoms with Gasteiger partial charge in [0.2, 0.25) is 0 Å². The van der Waals surface area contributed by atoms with E-state index in [2.05, 4.69) is 51.1 Å². The second kappa shape index (κ2) is 7.19. The first kappa shape index (κ1) is 17.8. The molecule has 1 aliphatic rings. The summed E-state index contributed by atoms with van der Waals surface area (Å²) in [5, 5.41) is 8.76. The number of likely N-dealkylation sites (N-methyl/N-ethyl adjacent to an activating group) is 1. The highest BCUT2D eigenvalue weighted by Crippen LogP contribution is 2.31. The second-order valence-electron chi connectivity index (χ2n) is 7.62. The molecule has 0 aliphatic carbocycles. The number of fused-ring (bicyclic) bond motifs is 1. The van der Waals surface area contributed by atoms with E-state index in [0.29, 0.717) is 6.04 Å². The number of hydrogen-bond acceptors (Lipinski definition) is 5. The number of ether oxygens (including phenoxy) is 1. The summed E-state index contributed by atoms with van der Waals surface area (Å²) in [4.78, 5) is 9.36. The number of H-pyrrole nitrogens is 1. The van der Waals surface area contributed by atoms with E-state index >= 15 is 0 Å². The minimum absolute atomic E-state index is 0.143. The van der Waals surface area contributed by atoms with Crippen LogP contribution in [0.15, 0.2) is 36.5 Å². The number of pyridine rings is 1. The average Bonchev–Trinajstić information content (AvgIpc) is 3.07. The Bertz CT molecular complexity index is 935. The normalized spacial score (nSPS) is 18.4. The first-order valence-corrected chi connectivity index (χ1v) is 9.57. The van der Waals surface area contributed by atoms with Crippen LogP contribution >= 0.6 is 0 Å². The molecule has 0 spiro atoms. The van der Waals surface area contributed by atoms with Gasteiger partial charge in [0.1, 0.15) is 17.3 Å². The lowest BCUT2D eigenvalue weighted by molar-refractivity contribution is 0.233. The molecule has 6 nitrogen and oxygen atoms in total. The summed E-state index contributed by atoms with van der Waals surface area (Å²) >= 11 is 0. The van der Waals surface area contributed by atoms with Crippen molar-refractivity contribution >= 4 is 16.7 Å². The summed E-state index contributed by atoms with van der Waals surface area (Å²) in [5.74, 6) is 1.88. The zero-order chi connectivity index (χ0) is 19.0. The molecule has 1 saturated heterocycles. The van der Waals surface area contributed by atoms with Gasteiger partial charge in [-0.2, -0.15) is 5.10 Å². The molecular formula is C21H27N5O. The molecule has 1 N–H and O–H groups in total. The maximum Gasteiger partial charge on any atom is 0.129 e. The Morgan fingerprint density at radius 2 is 2.04 bits per heavy atom. The summed E-state index contributed by atoms with van der Waals surface area (Å²) in [6.07, 6.45) is 2.02. The Morgan fingerprint density at radius 1 is 1.19 bits per heavy atom. The van der Waals surface area contributed by atoms with E-state index < -0.39 is 0 Å². The van der Waals surface area contributed by atoms with Gasteiger partial charge in [0.15, 0.2) is 0 Å². The van der Waals surface area contributed by atoms with Crippen molar-refractivity contribution in [3.05, 3.63) is 36.5 Å². The Morgan fingerprint density at radius 3 is 2.81 bits per heavy atom. The third kappa shape index (κ3) is 3.62. The number of benzene rings is 1. The van der Waals surface area contributed by atoms with Gasteiger partial charge >= 0.3 is 0 Å². The third-order valence-electron chi connectivity index (χ3n) is 5.21. The molecule has 3 aromatic rings. The van der Waals surface area contributed by atoms with Crippen LogP contribution in [-0.2, 0) is 0 Å². The number of piperazine rings is 1. The van der Waals surface area contributed by atoms with Crippen LogP contribution in [0.5, 0.6) is 5.75 Å². The highest BCUT2D eigenvalue weighted by Gasteiger charge is 2.22. The maximum atomic E-state index is 5.86. The highest BCUT2D eigenvalue weighted by atomic mass is 16.5. The van der Waals surface area contributed by atoms with Gasteiger partial charge in [-0.25, -0.2) is 4.98 Å². The minimum Gasteiger partial charge on any atom is -0.491 e. The second-order valence-corrected chi connectivity index (χ2v) is 7.62. The minimum atomic E-state index is 0.143. The quantitative estimate of drug-likeness (QED) is 0.766. The van der Waals surface area contributed by atoms with Gasteiger partial charge < -0.3 is 14.5 Å². The van der Waals surface area contributed by atoms with Crippen LogP contribution in [0.3, 0.4) is 0 Å². The molecule has 1 aliphatic heterocycles. The standard InChI is InChI=1S/C21H27N5O/c1-14(2)27-17-5-6-19-18(12-17)21(24-23-19)16-7-8-22-20(11-16)26-10-9-25(4)15(3)13-26/h5-8,11-12,14-15H,9-10,13H2,1-4H3,(H,23,24)/t15-/m0/s1. The number of hydrogen-bond donors (Lipinski definition) is 1. The van der Waals surface area contributed by atoms with Gasteiger partial charge in [-0.05, 0) is 58.2 Å². The van der Waals surface area contributed by atoms with Gasteiger partial charge in [-0.3, -0.25) is 5.10 Å². The third-order valence-corrected chi connectivity index (χ3v) is 5.21. The zero-order valence-electron chi connectivity index (χ0n) is 16.4. The molecule has 0 unspecified atom stereocenters. The lowest BCUT2D eigenvalue weighted by Gasteiger charge is -2.38. The number of aromatic nitrogens is 3. The van der Waals surface area contributed by atoms with Crippen molar-refractivity contribution in [2.24, 2.45) is 0 Å². The number of aromatic amines is 1. The number of anilines is 1. The Balaban J connectivity index is 1.67. The van der Waals surface area contributed by atoms with Crippen molar-refractivity contribution in [1.82, 2.24) is 20.1 Å². The van der Waals surface area contributed by atoms with Crippen molar-refractivity contribution in [1.29, 1.82) is 0 Å². The van der Waals surface area contributed by atoms with Gasteiger partial charge in [0, 0.05) is 42.8 Å². The molecule has 6 heteroatoms. The highest BCUT2D eigenvalue weighted by molar-refractivity contribution is 5.94. The monoisotopic (exact) mass is 365 g/mol. The number of rotatable bonds is 4. The predicted octanol–water partition coefficient (Wildman–Crippen LogP) is 3.55. The lowest BCUT2D eigenvalue weighted by atomic mass is 10.1. The largest absolute Gasteiger partial charge is 0.491 e. The average molecular weight is 365 g/mol. The molecule has 0 saturated carbocycles. The molecule has 1 fully saturated rings. The fourth-order valence-corrected chi connectivity index (χ4v) is 3.55. The molecule has 27 heavy (non-hydrogen) atoms. The van der Waals surface area contributed by atoms with Gasteiger partial charge in [0.05, 0.1) is 11.6 Å². The van der Waals surface area contributed by atoms with Crippen molar-refractivity contribution in [3.63, 3.8) is 0 Å². The fraction of sp³-hybridized carbons (Fsp3) is 0.429. The Kier molecular flexibility index (Phi) is 4.74. The van der Waals surface area contributed by atoms with Crippen molar-refractivity contribution in [2.75, 3.05) is 31.6 Å². The first-order chi connectivity index (χ1) is 13.0. The molecule has 0 radical (unpaired) electrons. The molecule has 0 bridgehead atoms. The molecule has 142 valence electrons. The molecular weight excluding hydrogens is 338 g/mol. The van der Waals surface area contributed by atoms with Crippen molar-refractivity contribution in [2.45, 2.75) is 32.9 Å². The first-order valence-electron chi connectivity index (χ1n) is 9.57. The van der Waals surface area contributed by atoms with E-state index in [0.717, 1.165) is 53.4 Å². The van der Waals surface area contributed by atoms with Crippen LogP contribution < -0.4 is 9.64 Å². The lowest BCUT2D eigenvalue weighted by Crippen LogP contribution is -2.50. The molecule has 1 aromatic carbocycles. The number of nitrogens with one attached hydrogen (secondary N) is 1. The van der Waals surface area contributed by atoms with Crippen LogP contribution in [0, 0.1) is 0 Å². The zero-order valence-corrected chi connectivity index (χ0v) is 16.4. The van der Waals surface area contributed by atoms with Gasteiger partial charge in [-0.1, -0.05) is 0 Å². The van der Waals surface area contributed by atoms with Crippen molar-refractivity contribution in [3.8, 4) is 17.0 Å². The summed E-state index contributed by atoms with van der Waals surface area (Å²) in [7, 11) is 2.18. The summed E-state index contributed by atoms with van der Waals surface area (Å²) in [6.45, 7) is 9.35. The van der Waals surface area contributed by atoms with Crippen molar-refractivity contribution < 1.29 is 4.74 Å². The molecule has 4 rings (SSSR count). The topological polar surface area (TPSA) is 57.3 Å². The SMILES string of the molecule is CC(C)Oc1ccc2[nH]nc(-c3ccnc(N4CCN(C)[C@@H](C)C4)c3)c2c1. The van der Waals surface area contributed by atoms with Gasteiger partial charge in [0.25, 0.3) is 0 Å². The van der Waals surface area contributed by atoms with E-state index in [1.807, 2.05) is 38.2 Å². The van der Waals surface area contributed by atoms with E-state index in [1.165, 1.54) is 0 Å². The molecule has 0 amide bonds. The number of nitrogens with zero attached hydrogens (tertiary/aromatic N) is 4. The van der Waals surface area contributed by atoms with E-state index in [4.69, 9.17) is 4.74 Å². The van der Waals surface area contributed by atoms with Crippen LogP contribution in [0.25, 0.3) is 22.2 Å². The van der Waals surface area contributed by atoms with E-state index in [1.54, 1.807) is 0 Å². The molecule has 2 aromatic heterocycles. The summed E-state index contributed by atoms with van der Waals surface area (Å²) in [5.41, 5.74) is 3.01. The van der Waals surface area contributed by atoms with Crippen LogP contribution in [0.4, 0.5) is 5.82 Å². The van der Waals surface area contributed by atoms with Crippen LogP contribution in [0.2, 0.25) is 0 Å². The fourth-order valence-electron chi connectivity index (χ4n) is 3.55.